The molecule has 3 heterocycles. The molecule has 2 aromatic carbocycles. The van der Waals surface area contributed by atoms with Crippen molar-refractivity contribution in [1.29, 1.82) is 0 Å². The number of halogens is 1. The summed E-state index contributed by atoms with van der Waals surface area (Å²) in [6.45, 7) is 0. The molecule has 3 aromatic heterocycles. The lowest BCUT2D eigenvalue weighted by Crippen LogP contribution is -2.19. The van der Waals surface area contributed by atoms with Crippen LogP contribution in [0.1, 0.15) is 0 Å². The van der Waals surface area contributed by atoms with Gasteiger partial charge in [0, 0.05) is 7.05 Å². The smallest absolute Gasteiger partial charge is 0.261 e. The molecule has 0 fully saturated rings. The summed E-state index contributed by atoms with van der Waals surface area (Å²) in [5, 5.41) is 14.3. The fourth-order valence-corrected chi connectivity index (χ4v) is 3.83. The molecule has 5 aromatic rings. The fraction of sp³-hybridized carbons (Fsp3) is 0.0500. The maximum Gasteiger partial charge on any atom is 0.261 e. The van der Waals surface area contributed by atoms with Crippen LogP contribution in [0.25, 0.3) is 27.9 Å². The second-order valence-electron chi connectivity index (χ2n) is 6.32. The molecule has 0 aliphatic heterocycles. The van der Waals surface area contributed by atoms with Gasteiger partial charge in [-0.05, 0) is 48.2 Å². The fourth-order valence-electron chi connectivity index (χ4n) is 3.02. The molecule has 0 amide bonds. The molecule has 0 N–H and O–H groups in total. The lowest BCUT2D eigenvalue weighted by molar-refractivity contribution is 0.629. The molecule has 0 aliphatic rings. The monoisotopic (exact) mass is 404 g/mol. The molecule has 142 valence electrons. The predicted octanol–water partition coefficient (Wildman–Crippen LogP) is 3.33. The van der Waals surface area contributed by atoms with Crippen molar-refractivity contribution in [2.45, 2.75) is 10.2 Å². The Hall–Kier alpha value is -3.59. The molecular formula is C20H13FN6OS. The Balaban J connectivity index is 1.61. The Kier molecular flexibility index (Phi) is 4.09. The zero-order chi connectivity index (χ0) is 20.0. The lowest BCUT2D eigenvalue weighted by atomic mass is 10.2. The number of hydrogen-bond donors (Lipinski definition) is 0. The maximum atomic E-state index is 14.2. The van der Waals surface area contributed by atoms with E-state index >= 15 is 0 Å². The van der Waals surface area contributed by atoms with Gasteiger partial charge in [-0.2, -0.15) is 9.61 Å². The summed E-state index contributed by atoms with van der Waals surface area (Å²) >= 11 is 1.24. The minimum atomic E-state index is -0.403. The SMILES string of the molecule is Cn1c(Sc2ccc3nnc(-c4ccccc4F)n3n2)nc2ccccc2c1=O. The third-order valence-electron chi connectivity index (χ3n) is 4.49. The van der Waals surface area contributed by atoms with Crippen LogP contribution in [0.2, 0.25) is 0 Å². The van der Waals surface area contributed by atoms with Crippen molar-refractivity contribution in [3.63, 3.8) is 0 Å². The molecule has 0 saturated heterocycles. The highest BCUT2D eigenvalue weighted by Gasteiger charge is 2.15. The molecule has 0 radical (unpaired) electrons. The van der Waals surface area contributed by atoms with Gasteiger partial charge in [0.2, 0.25) is 0 Å². The zero-order valence-corrected chi connectivity index (χ0v) is 16.0. The molecule has 0 unspecified atom stereocenters. The van der Waals surface area contributed by atoms with Crippen molar-refractivity contribution >= 4 is 28.3 Å². The quantitative estimate of drug-likeness (QED) is 0.429. The molecule has 7 nitrogen and oxygen atoms in total. The standard InChI is InChI=1S/C20H13FN6OS/c1-26-19(28)13-7-3-5-9-15(13)22-20(26)29-17-11-10-16-23-24-18(27(16)25-17)12-6-2-4-8-14(12)21/h2-11H,1H3. The van der Waals surface area contributed by atoms with E-state index in [2.05, 4.69) is 20.3 Å². The maximum absolute atomic E-state index is 14.2. The lowest BCUT2D eigenvalue weighted by Gasteiger charge is -2.08. The van der Waals surface area contributed by atoms with Gasteiger partial charge in [-0.3, -0.25) is 9.36 Å². The van der Waals surface area contributed by atoms with Crippen LogP contribution in [0.3, 0.4) is 0 Å². The van der Waals surface area contributed by atoms with Gasteiger partial charge in [-0.25, -0.2) is 9.37 Å². The van der Waals surface area contributed by atoms with Crippen molar-refractivity contribution in [1.82, 2.24) is 29.4 Å². The van der Waals surface area contributed by atoms with Crippen LogP contribution < -0.4 is 5.56 Å². The van der Waals surface area contributed by atoms with Crippen molar-refractivity contribution < 1.29 is 4.39 Å². The molecule has 0 atom stereocenters. The topological polar surface area (TPSA) is 78.0 Å². The van der Waals surface area contributed by atoms with E-state index in [1.54, 1.807) is 49.5 Å². The van der Waals surface area contributed by atoms with Gasteiger partial charge in [0.1, 0.15) is 10.8 Å². The van der Waals surface area contributed by atoms with Crippen LogP contribution in [-0.4, -0.2) is 29.4 Å². The summed E-state index contributed by atoms with van der Waals surface area (Å²) < 4.78 is 17.2. The first-order chi connectivity index (χ1) is 14.1. The van der Waals surface area contributed by atoms with Crippen LogP contribution in [0.4, 0.5) is 4.39 Å². The van der Waals surface area contributed by atoms with Gasteiger partial charge in [0.05, 0.1) is 16.5 Å². The van der Waals surface area contributed by atoms with Crippen LogP contribution in [0.15, 0.2) is 75.6 Å². The summed E-state index contributed by atoms with van der Waals surface area (Å²) in [7, 11) is 1.67. The molecule has 9 heteroatoms. The number of aromatic nitrogens is 6. The number of fused-ring (bicyclic) bond motifs is 2. The molecule has 0 aliphatic carbocycles. The third kappa shape index (κ3) is 2.95. The van der Waals surface area contributed by atoms with Gasteiger partial charge < -0.3 is 0 Å². The van der Waals surface area contributed by atoms with E-state index in [1.165, 1.54) is 26.9 Å². The Morgan fingerprint density at radius 2 is 1.76 bits per heavy atom. The van der Waals surface area contributed by atoms with Crippen LogP contribution >= 0.6 is 11.8 Å². The summed E-state index contributed by atoms with van der Waals surface area (Å²) in [6, 6.07) is 17.0. The molecule has 0 bridgehead atoms. The molecular weight excluding hydrogens is 391 g/mol. The van der Waals surface area contributed by atoms with Gasteiger partial charge in [0.25, 0.3) is 5.56 Å². The van der Waals surface area contributed by atoms with Crippen LogP contribution in [-0.2, 0) is 7.05 Å². The van der Waals surface area contributed by atoms with Gasteiger partial charge >= 0.3 is 0 Å². The first kappa shape index (κ1) is 17.5. The Morgan fingerprint density at radius 1 is 0.966 bits per heavy atom. The average molecular weight is 404 g/mol. The van der Waals surface area contributed by atoms with Crippen molar-refractivity contribution in [3.8, 4) is 11.4 Å². The van der Waals surface area contributed by atoms with Crippen molar-refractivity contribution in [2.75, 3.05) is 0 Å². The Labute approximate surface area is 167 Å². The Morgan fingerprint density at radius 3 is 2.62 bits per heavy atom. The van der Waals surface area contributed by atoms with E-state index < -0.39 is 5.82 Å². The summed E-state index contributed by atoms with van der Waals surface area (Å²) in [5.74, 6) is -0.0961. The van der Waals surface area contributed by atoms with Gasteiger partial charge in [0.15, 0.2) is 16.6 Å². The number of hydrogen-bond acceptors (Lipinski definition) is 6. The van der Waals surface area contributed by atoms with Gasteiger partial charge in [-0.15, -0.1) is 10.2 Å². The first-order valence-corrected chi connectivity index (χ1v) is 9.54. The number of rotatable bonds is 3. The summed E-state index contributed by atoms with van der Waals surface area (Å²) in [4.78, 5) is 17.2. The number of benzene rings is 2. The summed E-state index contributed by atoms with van der Waals surface area (Å²) in [5.41, 5.74) is 1.30. The van der Waals surface area contributed by atoms with Crippen molar-refractivity contribution in [3.05, 3.63) is 76.8 Å². The Bertz CT molecular complexity index is 1440. The van der Waals surface area contributed by atoms with Crippen molar-refractivity contribution in [2.24, 2.45) is 7.05 Å². The first-order valence-electron chi connectivity index (χ1n) is 8.73. The second-order valence-corrected chi connectivity index (χ2v) is 7.31. The highest BCUT2D eigenvalue weighted by atomic mass is 32.2. The average Bonchev–Trinajstić information content (AvgIpc) is 3.15. The van der Waals surface area contributed by atoms with E-state index in [9.17, 15) is 9.18 Å². The second kappa shape index (κ2) is 6.78. The third-order valence-corrected chi connectivity index (χ3v) is 5.47. The van der Waals surface area contributed by atoms with Crippen LogP contribution in [0.5, 0.6) is 0 Å². The molecule has 5 rings (SSSR count). The van der Waals surface area contributed by atoms with E-state index in [-0.39, 0.29) is 5.56 Å². The van der Waals surface area contributed by atoms with Crippen LogP contribution in [0, 0.1) is 5.82 Å². The predicted molar refractivity (Wildman–Crippen MR) is 107 cm³/mol. The molecule has 0 saturated carbocycles. The normalized spacial score (nSPS) is 11.4. The minimum absolute atomic E-state index is 0.129. The highest BCUT2D eigenvalue weighted by Crippen LogP contribution is 2.26. The minimum Gasteiger partial charge on any atom is -0.290 e. The van der Waals surface area contributed by atoms with E-state index in [0.29, 0.717) is 38.1 Å². The largest absolute Gasteiger partial charge is 0.290 e. The number of para-hydroxylation sites is 1. The van der Waals surface area contributed by atoms with E-state index in [0.717, 1.165) is 0 Å². The number of nitrogens with zero attached hydrogens (tertiary/aromatic N) is 6. The highest BCUT2D eigenvalue weighted by molar-refractivity contribution is 7.99. The van der Waals surface area contributed by atoms with E-state index in [1.807, 2.05) is 12.1 Å². The summed E-state index contributed by atoms with van der Waals surface area (Å²) in [6.07, 6.45) is 0. The zero-order valence-electron chi connectivity index (χ0n) is 15.2. The molecule has 29 heavy (non-hydrogen) atoms. The van der Waals surface area contributed by atoms with E-state index in [4.69, 9.17) is 0 Å². The van der Waals surface area contributed by atoms with Gasteiger partial charge in [-0.1, -0.05) is 24.3 Å². The molecule has 0 spiro atoms.